The van der Waals surface area contributed by atoms with Crippen LogP contribution < -0.4 is 4.74 Å². The monoisotopic (exact) mass is 492 g/mol. The zero-order valence-electron chi connectivity index (χ0n) is 19.0. The number of thiophene rings is 1. The van der Waals surface area contributed by atoms with Gasteiger partial charge in [-0.2, -0.15) is 0 Å². The number of amides is 1. The molecular formula is C26H24N2O4S2. The number of nitrogens with zero attached hydrogens (tertiary/aromatic N) is 2. The molecule has 34 heavy (non-hydrogen) atoms. The van der Waals surface area contributed by atoms with Crippen LogP contribution in [-0.4, -0.2) is 42.0 Å². The Bertz CT molecular complexity index is 1340. The average molecular weight is 493 g/mol. The minimum absolute atomic E-state index is 0.0297. The van der Waals surface area contributed by atoms with E-state index in [2.05, 4.69) is 6.07 Å². The molecule has 0 spiro atoms. The first kappa shape index (κ1) is 22.6. The molecule has 2 aromatic heterocycles. The van der Waals surface area contributed by atoms with E-state index in [0.717, 1.165) is 30.5 Å². The van der Waals surface area contributed by atoms with E-state index in [1.165, 1.54) is 5.56 Å². The minimum atomic E-state index is -0.294. The molecule has 0 fully saturated rings. The van der Waals surface area contributed by atoms with Gasteiger partial charge in [0.05, 0.1) is 30.5 Å². The Morgan fingerprint density at radius 2 is 1.97 bits per heavy atom. The molecule has 4 aromatic rings. The van der Waals surface area contributed by atoms with Gasteiger partial charge in [-0.3, -0.25) is 4.79 Å². The Labute approximate surface area is 205 Å². The molecule has 174 valence electrons. The predicted octanol–water partition coefficient (Wildman–Crippen LogP) is 5.97. The molecule has 0 bridgehead atoms. The summed E-state index contributed by atoms with van der Waals surface area (Å²) < 4.78 is 11.6. The van der Waals surface area contributed by atoms with Gasteiger partial charge in [0, 0.05) is 33.8 Å². The topological polar surface area (TPSA) is 68.7 Å². The van der Waals surface area contributed by atoms with E-state index in [9.17, 15) is 9.59 Å². The number of carbonyl (C=O) groups excluding carboxylic acids is 2. The fourth-order valence-corrected chi connectivity index (χ4v) is 6.73. The number of aromatic nitrogens is 1. The maximum atomic E-state index is 13.3. The summed E-state index contributed by atoms with van der Waals surface area (Å²) in [6, 6.07) is 15.3. The van der Waals surface area contributed by atoms with Crippen molar-refractivity contribution in [2.45, 2.75) is 26.3 Å². The first-order valence-corrected chi connectivity index (χ1v) is 12.8. The fraction of sp³-hybridized carbons (Fsp3) is 0.269. The number of hydrogen-bond donors (Lipinski definition) is 0. The molecule has 0 atom stereocenters. The third kappa shape index (κ3) is 4.31. The largest absolute Gasteiger partial charge is 0.497 e. The lowest BCUT2D eigenvalue weighted by molar-refractivity contribution is 0.0992. The van der Waals surface area contributed by atoms with Crippen LogP contribution in [0.3, 0.4) is 0 Å². The van der Waals surface area contributed by atoms with Crippen LogP contribution in [0, 0.1) is 0 Å². The van der Waals surface area contributed by atoms with Crippen LogP contribution in [-0.2, 0) is 24.1 Å². The smallest absolute Gasteiger partial charge is 0.410 e. The van der Waals surface area contributed by atoms with Gasteiger partial charge in [0.15, 0.2) is 5.78 Å². The van der Waals surface area contributed by atoms with E-state index in [-0.39, 0.29) is 18.3 Å². The summed E-state index contributed by atoms with van der Waals surface area (Å²) in [4.78, 5) is 34.3. The van der Waals surface area contributed by atoms with Gasteiger partial charge in [-0.25, -0.2) is 9.78 Å². The highest BCUT2D eigenvalue weighted by atomic mass is 32.1. The normalized spacial score (nSPS) is 13.1. The third-order valence-corrected chi connectivity index (χ3v) is 8.15. The molecule has 0 radical (unpaired) electrons. The van der Waals surface area contributed by atoms with Crippen LogP contribution in [0.4, 0.5) is 4.79 Å². The van der Waals surface area contributed by atoms with Gasteiger partial charge in [-0.15, -0.1) is 22.7 Å². The zero-order chi connectivity index (χ0) is 23.7. The molecule has 6 nitrogen and oxygen atoms in total. The molecule has 1 aliphatic heterocycles. The number of hydrogen-bond acceptors (Lipinski definition) is 7. The molecule has 0 saturated carbocycles. The molecule has 5 rings (SSSR count). The van der Waals surface area contributed by atoms with Gasteiger partial charge in [-0.05, 0) is 43.2 Å². The molecule has 2 aromatic carbocycles. The number of ketones is 1. The third-order valence-electron chi connectivity index (χ3n) is 5.88. The SMILES string of the molecule is CCOC(=O)N1CCc2c(sc(CC(=O)c3cccc(OC)c3)c2-c2nc3ccccc3s2)C1. The summed E-state index contributed by atoms with van der Waals surface area (Å²) in [5.41, 5.74) is 3.82. The molecule has 0 aliphatic carbocycles. The number of Topliss-reactive ketones (excluding diaryl/α,β-unsaturated/α-hetero) is 1. The van der Waals surface area contributed by atoms with Gasteiger partial charge in [0.1, 0.15) is 10.8 Å². The number of benzene rings is 2. The summed E-state index contributed by atoms with van der Waals surface area (Å²) >= 11 is 3.25. The summed E-state index contributed by atoms with van der Waals surface area (Å²) in [6.45, 7) is 3.24. The van der Waals surface area contributed by atoms with Crippen molar-refractivity contribution in [3.63, 3.8) is 0 Å². The van der Waals surface area contributed by atoms with E-state index >= 15 is 0 Å². The summed E-state index contributed by atoms with van der Waals surface area (Å²) in [6.07, 6.45) is 0.691. The van der Waals surface area contributed by atoms with Gasteiger partial charge in [0.25, 0.3) is 0 Å². The maximum absolute atomic E-state index is 13.3. The van der Waals surface area contributed by atoms with Crippen molar-refractivity contribution >= 4 is 44.8 Å². The predicted molar refractivity (Wildman–Crippen MR) is 135 cm³/mol. The Morgan fingerprint density at radius 1 is 1.12 bits per heavy atom. The maximum Gasteiger partial charge on any atom is 0.410 e. The van der Waals surface area contributed by atoms with Gasteiger partial charge >= 0.3 is 6.09 Å². The van der Waals surface area contributed by atoms with E-state index in [0.29, 0.717) is 37.4 Å². The lowest BCUT2D eigenvalue weighted by atomic mass is 9.99. The second kappa shape index (κ2) is 9.56. The van der Waals surface area contributed by atoms with E-state index in [4.69, 9.17) is 14.5 Å². The second-order valence-electron chi connectivity index (χ2n) is 7.99. The fourth-order valence-electron chi connectivity index (χ4n) is 4.23. The number of rotatable bonds is 6. The number of para-hydroxylation sites is 1. The molecular weight excluding hydrogens is 468 g/mol. The molecule has 0 unspecified atom stereocenters. The highest BCUT2D eigenvalue weighted by Gasteiger charge is 2.30. The van der Waals surface area contributed by atoms with Crippen LogP contribution in [0.25, 0.3) is 20.8 Å². The first-order chi connectivity index (χ1) is 16.6. The van der Waals surface area contributed by atoms with Crippen molar-refractivity contribution in [2.24, 2.45) is 0 Å². The Balaban J connectivity index is 1.54. The summed E-state index contributed by atoms with van der Waals surface area (Å²) in [5.74, 6) is 0.690. The number of ether oxygens (including phenoxy) is 2. The zero-order valence-corrected chi connectivity index (χ0v) is 20.6. The Kier molecular flexibility index (Phi) is 6.34. The Hall–Kier alpha value is -3.23. The lowest BCUT2D eigenvalue weighted by Crippen LogP contribution is -2.35. The van der Waals surface area contributed by atoms with Crippen LogP contribution >= 0.6 is 22.7 Å². The quantitative estimate of drug-likeness (QED) is 0.310. The van der Waals surface area contributed by atoms with Crippen molar-refractivity contribution < 1.29 is 19.1 Å². The molecule has 0 N–H and O–H groups in total. The van der Waals surface area contributed by atoms with Gasteiger partial charge < -0.3 is 14.4 Å². The summed E-state index contributed by atoms with van der Waals surface area (Å²) in [5, 5.41) is 0.928. The highest BCUT2D eigenvalue weighted by Crippen LogP contribution is 2.43. The molecule has 1 amide bonds. The van der Waals surface area contributed by atoms with E-state index in [1.54, 1.807) is 40.7 Å². The van der Waals surface area contributed by atoms with Gasteiger partial charge in [0.2, 0.25) is 0 Å². The minimum Gasteiger partial charge on any atom is -0.497 e. The summed E-state index contributed by atoms with van der Waals surface area (Å²) in [7, 11) is 1.59. The molecule has 8 heteroatoms. The Morgan fingerprint density at radius 3 is 2.76 bits per heavy atom. The number of methoxy groups -OCH3 is 1. The number of fused-ring (bicyclic) bond motifs is 2. The first-order valence-electron chi connectivity index (χ1n) is 11.2. The van der Waals surface area contributed by atoms with Crippen LogP contribution in [0.5, 0.6) is 5.75 Å². The molecule has 3 heterocycles. The lowest BCUT2D eigenvalue weighted by Gasteiger charge is -2.26. The van der Waals surface area contributed by atoms with Crippen molar-refractivity contribution in [2.75, 3.05) is 20.3 Å². The standard InChI is InChI=1S/C26H24N2O4S2/c1-3-32-26(30)28-12-11-18-23(15-28)33-22(14-20(29)16-7-6-8-17(13-16)31-2)24(18)25-27-19-9-4-5-10-21(19)34-25/h4-10,13H,3,11-12,14-15H2,1-2H3. The second-order valence-corrected chi connectivity index (χ2v) is 10.2. The van der Waals surface area contributed by atoms with Crippen molar-refractivity contribution in [3.8, 4) is 16.3 Å². The highest BCUT2D eigenvalue weighted by molar-refractivity contribution is 7.22. The molecule has 1 aliphatic rings. The van der Waals surface area contributed by atoms with Crippen LogP contribution in [0.15, 0.2) is 48.5 Å². The average Bonchev–Trinajstić information content (AvgIpc) is 3.44. The van der Waals surface area contributed by atoms with Crippen molar-refractivity contribution in [3.05, 3.63) is 69.4 Å². The van der Waals surface area contributed by atoms with Crippen molar-refractivity contribution in [1.29, 1.82) is 0 Å². The van der Waals surface area contributed by atoms with E-state index in [1.807, 2.05) is 43.3 Å². The van der Waals surface area contributed by atoms with Crippen LogP contribution in [0.1, 0.15) is 32.6 Å². The van der Waals surface area contributed by atoms with Crippen LogP contribution in [0.2, 0.25) is 0 Å². The van der Waals surface area contributed by atoms with E-state index < -0.39 is 0 Å². The molecule has 0 saturated heterocycles. The number of carbonyl (C=O) groups is 2. The van der Waals surface area contributed by atoms with Gasteiger partial charge in [-0.1, -0.05) is 24.3 Å². The number of thiazole rings is 1. The van der Waals surface area contributed by atoms with Crippen molar-refractivity contribution in [1.82, 2.24) is 9.88 Å².